The van der Waals surface area contributed by atoms with Gasteiger partial charge in [0.1, 0.15) is 83.2 Å². The Morgan fingerprint density at radius 1 is 0.526 bits per heavy atom. The molecule has 3 aliphatic heterocycles. The third kappa shape index (κ3) is 7.89. The zero-order chi connectivity index (χ0) is 41.8. The normalized spacial score (nSPS) is 35.6. The maximum absolute atomic E-state index is 13.3. The van der Waals surface area contributed by atoms with Crippen molar-refractivity contribution >= 4 is 28.9 Å². The number of aromatic hydroxyl groups is 1. The van der Waals surface area contributed by atoms with Crippen LogP contribution in [-0.4, -0.2) is 176 Å². The highest BCUT2D eigenvalue weighted by molar-refractivity contribution is 5.86. The van der Waals surface area contributed by atoms with Crippen LogP contribution in [0.2, 0.25) is 0 Å². The van der Waals surface area contributed by atoms with Gasteiger partial charge in [-0.1, -0.05) is 0 Å². The molecule has 0 radical (unpaired) electrons. The molecule has 3 aromatic rings. The highest BCUT2D eigenvalue weighted by Gasteiger charge is 2.51. The van der Waals surface area contributed by atoms with Crippen molar-refractivity contribution in [2.75, 3.05) is 0 Å². The standard InChI is InChI=1S/C33H34O24/c34-9-4-8(51-31-22(42)16(36)19(39)25(55-31)28(45)46)5-14-15(9)10(35)6-12(52-14)7-1-2-11(53-32-23(43)17(37)20(40)26(56-32)29(47)48)13(3-7)54-33-24(44)18(38)21(41)27(57-33)30(49)50/h1-6,16-27,31-34,36-44H,(H,45,46)(H,47,48)(H,49,50)/t16-,17?,18-,19-,20-,21-,22?,23?,24?,25?,26?,27?,31+,32+,33+/m0/s1. The molecule has 57 heavy (non-hydrogen) atoms. The first kappa shape index (κ1) is 41.4. The Kier molecular flexibility index (Phi) is 11.6. The number of fused-ring (bicyclic) bond motifs is 1. The second kappa shape index (κ2) is 16.0. The predicted octanol–water partition coefficient (Wildman–Crippen LogP) is -5.02. The maximum Gasteiger partial charge on any atom is 0.335 e. The average Bonchev–Trinajstić information content (AvgIpc) is 3.15. The Morgan fingerprint density at radius 2 is 0.965 bits per heavy atom. The molecule has 310 valence electrons. The summed E-state index contributed by atoms with van der Waals surface area (Å²) in [6.07, 6.45) is -31.2. The van der Waals surface area contributed by atoms with Gasteiger partial charge in [-0.05, 0) is 18.2 Å². The molecule has 24 heteroatoms. The summed E-state index contributed by atoms with van der Waals surface area (Å²) in [6, 6.07) is 5.96. The van der Waals surface area contributed by atoms with Gasteiger partial charge in [-0.25, -0.2) is 14.4 Å². The monoisotopic (exact) mass is 814 g/mol. The van der Waals surface area contributed by atoms with Gasteiger partial charge in [0, 0.05) is 23.8 Å². The van der Waals surface area contributed by atoms with Gasteiger partial charge in [0.05, 0.1) is 0 Å². The van der Waals surface area contributed by atoms with Crippen LogP contribution in [0.5, 0.6) is 23.0 Å². The van der Waals surface area contributed by atoms with E-state index >= 15 is 0 Å². The Bertz CT molecular complexity index is 2070. The Morgan fingerprint density at radius 3 is 1.42 bits per heavy atom. The number of phenolic OH excluding ortho intramolecular Hbond substituents is 1. The molecule has 6 rings (SSSR count). The van der Waals surface area contributed by atoms with Crippen LogP contribution >= 0.6 is 0 Å². The van der Waals surface area contributed by atoms with Crippen molar-refractivity contribution in [3.05, 3.63) is 46.6 Å². The van der Waals surface area contributed by atoms with Gasteiger partial charge in [0.15, 0.2) is 35.2 Å². The van der Waals surface area contributed by atoms with Gasteiger partial charge in [0.25, 0.3) is 0 Å². The highest BCUT2D eigenvalue weighted by atomic mass is 16.7. The van der Waals surface area contributed by atoms with Crippen molar-refractivity contribution in [2.24, 2.45) is 0 Å². The summed E-state index contributed by atoms with van der Waals surface area (Å²) in [5.41, 5.74) is -1.40. The molecule has 0 bridgehead atoms. The van der Waals surface area contributed by atoms with Crippen LogP contribution in [0.1, 0.15) is 0 Å². The smallest absolute Gasteiger partial charge is 0.335 e. The molecule has 15 atom stereocenters. The molecular formula is C33H34O24. The molecule has 0 aliphatic carbocycles. The largest absolute Gasteiger partial charge is 0.507 e. The number of rotatable bonds is 10. The van der Waals surface area contributed by atoms with Gasteiger partial charge < -0.3 is 99.2 Å². The topological polar surface area (TPSA) is 400 Å². The Hall–Kier alpha value is -5.22. The van der Waals surface area contributed by atoms with Crippen LogP contribution in [0, 0.1) is 0 Å². The van der Waals surface area contributed by atoms with Gasteiger partial charge in [-0.15, -0.1) is 0 Å². The molecule has 0 saturated carbocycles. The lowest BCUT2D eigenvalue weighted by atomic mass is 9.99. The number of carbonyl (C=O) groups is 3. The molecule has 4 heterocycles. The fraction of sp³-hybridized carbons (Fsp3) is 0.455. The lowest BCUT2D eigenvalue weighted by molar-refractivity contribution is -0.276. The van der Waals surface area contributed by atoms with Crippen molar-refractivity contribution in [1.29, 1.82) is 0 Å². The second-order valence-corrected chi connectivity index (χ2v) is 13.0. The number of hydrogen-bond acceptors (Lipinski definition) is 21. The predicted molar refractivity (Wildman–Crippen MR) is 174 cm³/mol. The molecule has 0 spiro atoms. The summed E-state index contributed by atoms with van der Waals surface area (Å²) < 4.78 is 37.9. The summed E-state index contributed by atoms with van der Waals surface area (Å²) in [5.74, 6) is -7.83. The zero-order valence-electron chi connectivity index (χ0n) is 28.4. The number of phenols is 1. The number of hydrogen-bond donors (Lipinski definition) is 13. The van der Waals surface area contributed by atoms with E-state index in [4.69, 9.17) is 32.8 Å². The van der Waals surface area contributed by atoms with E-state index in [1.807, 2.05) is 0 Å². The van der Waals surface area contributed by atoms with E-state index in [1.165, 1.54) is 6.07 Å². The minimum Gasteiger partial charge on any atom is -0.507 e. The van der Waals surface area contributed by atoms with Crippen LogP contribution < -0.4 is 19.6 Å². The number of aliphatic hydroxyl groups is 9. The van der Waals surface area contributed by atoms with Crippen LogP contribution in [0.4, 0.5) is 0 Å². The summed E-state index contributed by atoms with van der Waals surface area (Å²) >= 11 is 0. The average molecular weight is 815 g/mol. The minimum absolute atomic E-state index is 0.112. The quantitative estimate of drug-likeness (QED) is 0.0911. The van der Waals surface area contributed by atoms with Crippen LogP contribution in [-0.2, 0) is 28.6 Å². The molecule has 7 unspecified atom stereocenters. The molecular weight excluding hydrogens is 780 g/mol. The fourth-order valence-corrected chi connectivity index (χ4v) is 6.14. The molecule has 13 N–H and O–H groups in total. The fourth-order valence-electron chi connectivity index (χ4n) is 6.14. The zero-order valence-corrected chi connectivity index (χ0v) is 28.4. The van der Waals surface area contributed by atoms with E-state index in [9.17, 15) is 85.6 Å². The minimum atomic E-state index is -2.15. The first-order valence-corrected chi connectivity index (χ1v) is 16.5. The van der Waals surface area contributed by atoms with Gasteiger partial charge >= 0.3 is 17.9 Å². The molecule has 24 nitrogen and oxygen atoms in total. The summed E-state index contributed by atoms with van der Waals surface area (Å²) in [6.45, 7) is 0. The Balaban J connectivity index is 1.38. The number of ether oxygens (including phenoxy) is 6. The van der Waals surface area contributed by atoms with Crippen molar-refractivity contribution in [2.45, 2.75) is 92.1 Å². The third-order valence-electron chi connectivity index (χ3n) is 9.19. The number of aliphatic hydroxyl groups excluding tert-OH is 9. The molecule has 0 amide bonds. The van der Waals surface area contributed by atoms with Crippen molar-refractivity contribution in [1.82, 2.24) is 0 Å². The Labute approximate surface area is 315 Å². The summed E-state index contributed by atoms with van der Waals surface area (Å²) in [4.78, 5) is 48.1. The van der Waals surface area contributed by atoms with Gasteiger partial charge in [-0.3, -0.25) is 4.79 Å². The van der Waals surface area contributed by atoms with E-state index in [0.717, 1.165) is 30.3 Å². The maximum atomic E-state index is 13.3. The van der Waals surface area contributed by atoms with Crippen LogP contribution in [0.3, 0.4) is 0 Å². The van der Waals surface area contributed by atoms with E-state index in [1.54, 1.807) is 0 Å². The lowest BCUT2D eigenvalue weighted by Gasteiger charge is -2.39. The molecule has 1 aromatic heterocycles. The molecule has 3 aliphatic rings. The van der Waals surface area contributed by atoms with E-state index in [-0.39, 0.29) is 11.3 Å². The number of aliphatic carboxylic acids is 3. The van der Waals surface area contributed by atoms with Crippen molar-refractivity contribution in [3.63, 3.8) is 0 Å². The lowest BCUT2D eigenvalue weighted by Crippen LogP contribution is -2.61. The van der Waals surface area contributed by atoms with Crippen molar-refractivity contribution < 1.29 is 114 Å². The van der Waals surface area contributed by atoms with Crippen LogP contribution in [0.25, 0.3) is 22.3 Å². The first-order chi connectivity index (χ1) is 26.8. The van der Waals surface area contributed by atoms with Crippen LogP contribution in [0.15, 0.2) is 45.6 Å². The SMILES string of the molecule is O=C(O)C1O[C@@H](Oc2ccc(-c3cc(=O)c4c(O)cc(O[C@@H]5OC(C(=O)O)[C@@H](O)[C@H](O)C5O)cc4o3)cc2O[C@@H]2OC(C(=O)O)[C@@H](O)[C@H](O)C2O)C(O)C(O)[C@@H]1O. The number of carboxylic acid groups (broad SMARTS) is 3. The van der Waals surface area contributed by atoms with E-state index < -0.39 is 149 Å². The first-order valence-electron chi connectivity index (χ1n) is 16.5. The number of benzene rings is 2. The van der Waals surface area contributed by atoms with E-state index in [2.05, 4.69) is 0 Å². The van der Waals surface area contributed by atoms with Gasteiger partial charge in [0.2, 0.25) is 18.9 Å². The second-order valence-electron chi connectivity index (χ2n) is 13.0. The van der Waals surface area contributed by atoms with Gasteiger partial charge in [-0.2, -0.15) is 0 Å². The van der Waals surface area contributed by atoms with Crippen molar-refractivity contribution in [3.8, 4) is 34.3 Å². The molecule has 2 aromatic carbocycles. The number of carboxylic acids is 3. The molecule has 3 fully saturated rings. The summed E-state index contributed by atoms with van der Waals surface area (Å²) in [5, 5.41) is 131. The van der Waals surface area contributed by atoms with E-state index in [0.29, 0.717) is 0 Å². The molecule has 3 saturated heterocycles. The third-order valence-corrected chi connectivity index (χ3v) is 9.19. The highest BCUT2D eigenvalue weighted by Crippen LogP contribution is 2.39. The summed E-state index contributed by atoms with van der Waals surface area (Å²) in [7, 11) is 0.